The van der Waals surface area contributed by atoms with Crippen molar-refractivity contribution in [2.45, 2.75) is 6.18 Å². The molecule has 0 bridgehead atoms. The van der Waals surface area contributed by atoms with Gasteiger partial charge in [0, 0.05) is 0 Å². The summed E-state index contributed by atoms with van der Waals surface area (Å²) >= 11 is 0. The van der Waals surface area contributed by atoms with Crippen LogP contribution in [0.1, 0.15) is 0 Å². The largest absolute Gasteiger partial charge is 0.490 e. The van der Waals surface area contributed by atoms with Crippen LogP contribution in [0.15, 0.2) is 18.2 Å². The first-order valence-electron chi connectivity index (χ1n) is 4.47. The second-order valence-electron chi connectivity index (χ2n) is 3.08. The molecule has 1 aromatic rings. The molecule has 5 nitrogen and oxygen atoms in total. The normalized spacial score (nSPS) is 11.1. The maximum absolute atomic E-state index is 12.0. The monoisotopic (exact) mass is 250 g/mol. The van der Waals surface area contributed by atoms with Gasteiger partial charge >= 0.3 is 11.9 Å². The quantitative estimate of drug-likeness (QED) is 0.658. The molecule has 1 aromatic carbocycles. The molecule has 0 amide bonds. The molecule has 0 saturated heterocycles. The van der Waals surface area contributed by atoms with Gasteiger partial charge in [-0.15, -0.1) is 0 Å². The van der Waals surface area contributed by atoms with Crippen LogP contribution < -0.4 is 10.1 Å². The number of rotatable bonds is 4. The van der Waals surface area contributed by atoms with E-state index < -0.39 is 23.3 Å². The van der Waals surface area contributed by atoms with Gasteiger partial charge in [-0.3, -0.25) is 10.1 Å². The zero-order valence-corrected chi connectivity index (χ0v) is 8.75. The summed E-state index contributed by atoms with van der Waals surface area (Å²) in [7, 11) is 1.20. The molecular weight excluding hydrogens is 241 g/mol. The van der Waals surface area contributed by atoms with Gasteiger partial charge < -0.3 is 10.1 Å². The molecule has 0 fully saturated rings. The smallest absolute Gasteiger partial charge is 0.405 e. The number of ether oxygens (including phenoxy) is 1. The van der Waals surface area contributed by atoms with Crippen LogP contribution in [0, 0.1) is 10.1 Å². The Bertz CT molecular complexity index is 420. The summed E-state index contributed by atoms with van der Waals surface area (Å²) < 4.78 is 40.7. The summed E-state index contributed by atoms with van der Waals surface area (Å²) in [5.41, 5.74) is -0.745. The van der Waals surface area contributed by atoms with E-state index in [1.807, 2.05) is 5.32 Å². The number of anilines is 1. The number of halogens is 3. The van der Waals surface area contributed by atoms with Crippen molar-refractivity contribution < 1.29 is 22.8 Å². The molecule has 8 heteroatoms. The van der Waals surface area contributed by atoms with E-state index in [1.165, 1.54) is 25.3 Å². The Morgan fingerprint density at radius 3 is 2.59 bits per heavy atom. The molecule has 0 radical (unpaired) electrons. The van der Waals surface area contributed by atoms with Gasteiger partial charge in [0.1, 0.15) is 12.2 Å². The maximum atomic E-state index is 12.0. The Hall–Kier alpha value is -1.99. The van der Waals surface area contributed by atoms with E-state index in [1.54, 1.807) is 0 Å². The Kier molecular flexibility index (Phi) is 3.77. The van der Waals surface area contributed by atoms with Crippen molar-refractivity contribution in [3.63, 3.8) is 0 Å². The van der Waals surface area contributed by atoms with Gasteiger partial charge in [-0.1, -0.05) is 6.07 Å². The van der Waals surface area contributed by atoms with Crippen molar-refractivity contribution in [2.24, 2.45) is 0 Å². The predicted molar refractivity (Wildman–Crippen MR) is 54.2 cm³/mol. The first-order chi connectivity index (χ1) is 7.85. The first-order valence-corrected chi connectivity index (χ1v) is 4.47. The average Bonchev–Trinajstić information content (AvgIpc) is 2.24. The number of nitrogens with zero attached hydrogens (tertiary/aromatic N) is 1. The van der Waals surface area contributed by atoms with E-state index in [4.69, 9.17) is 4.74 Å². The van der Waals surface area contributed by atoms with E-state index >= 15 is 0 Å². The van der Waals surface area contributed by atoms with Crippen LogP contribution in [0.2, 0.25) is 0 Å². The summed E-state index contributed by atoms with van der Waals surface area (Å²) in [6, 6.07) is 3.85. The third-order valence-electron chi connectivity index (χ3n) is 1.88. The highest BCUT2D eigenvalue weighted by atomic mass is 19.4. The molecule has 0 aliphatic heterocycles. The first kappa shape index (κ1) is 13.1. The molecule has 0 aliphatic carbocycles. The third-order valence-corrected chi connectivity index (χ3v) is 1.88. The molecule has 1 rings (SSSR count). The highest BCUT2D eigenvalue weighted by Gasteiger charge is 2.29. The van der Waals surface area contributed by atoms with Crippen LogP contribution in [-0.2, 0) is 0 Å². The highest BCUT2D eigenvalue weighted by molar-refractivity contribution is 5.68. The molecule has 1 N–H and O–H groups in total. The molecule has 0 heterocycles. The molecule has 17 heavy (non-hydrogen) atoms. The highest BCUT2D eigenvalue weighted by Crippen LogP contribution is 2.34. The fourth-order valence-corrected chi connectivity index (χ4v) is 1.21. The lowest BCUT2D eigenvalue weighted by Gasteiger charge is -2.11. The predicted octanol–water partition coefficient (Wildman–Crippen LogP) is 2.58. The zero-order valence-electron chi connectivity index (χ0n) is 8.75. The minimum atomic E-state index is -4.45. The van der Waals surface area contributed by atoms with Crippen LogP contribution >= 0.6 is 0 Å². The zero-order chi connectivity index (χ0) is 13.1. The molecule has 0 aromatic heterocycles. The summed E-state index contributed by atoms with van der Waals surface area (Å²) in [5, 5.41) is 12.7. The van der Waals surface area contributed by atoms with Crippen LogP contribution in [0.5, 0.6) is 5.75 Å². The van der Waals surface area contributed by atoms with Gasteiger partial charge in [0.25, 0.3) is 0 Å². The number of methoxy groups -OCH3 is 1. The fraction of sp³-hybridized carbons (Fsp3) is 0.333. The van der Waals surface area contributed by atoms with Gasteiger partial charge in [-0.05, 0) is 12.1 Å². The Morgan fingerprint density at radius 1 is 1.47 bits per heavy atom. The van der Waals surface area contributed by atoms with Crippen molar-refractivity contribution >= 4 is 11.4 Å². The van der Waals surface area contributed by atoms with E-state index in [-0.39, 0.29) is 11.4 Å². The van der Waals surface area contributed by atoms with Gasteiger partial charge in [0.05, 0.1) is 12.0 Å². The summed E-state index contributed by atoms with van der Waals surface area (Å²) in [6.07, 6.45) is -4.45. The van der Waals surface area contributed by atoms with Gasteiger partial charge in [-0.2, -0.15) is 13.2 Å². The van der Waals surface area contributed by atoms with Crippen molar-refractivity contribution in [1.82, 2.24) is 0 Å². The summed E-state index contributed by atoms with van der Waals surface area (Å²) in [5.74, 6) is -0.0952. The van der Waals surface area contributed by atoms with Crippen molar-refractivity contribution in [2.75, 3.05) is 19.0 Å². The van der Waals surface area contributed by atoms with Gasteiger partial charge in [0.15, 0.2) is 5.75 Å². The SMILES string of the molecule is COc1cccc(NCC(F)(F)F)c1[N+](=O)[O-]. The topological polar surface area (TPSA) is 64.4 Å². The Labute approximate surface area is 94.3 Å². The minimum absolute atomic E-state index is 0.0952. The number of hydrogen-bond acceptors (Lipinski definition) is 4. The third kappa shape index (κ3) is 3.51. The molecule has 0 spiro atoms. The van der Waals surface area contributed by atoms with Crippen LogP contribution in [0.25, 0.3) is 0 Å². The number of nitrogens with one attached hydrogen (secondary N) is 1. The Morgan fingerprint density at radius 2 is 2.12 bits per heavy atom. The van der Waals surface area contributed by atoms with Crippen LogP contribution in [-0.4, -0.2) is 24.8 Å². The number of alkyl halides is 3. The molecule has 0 saturated carbocycles. The second kappa shape index (κ2) is 4.89. The average molecular weight is 250 g/mol. The molecule has 0 aliphatic rings. The van der Waals surface area contributed by atoms with E-state index in [2.05, 4.69) is 0 Å². The number of nitro benzene ring substituents is 1. The van der Waals surface area contributed by atoms with Crippen molar-refractivity contribution in [3.05, 3.63) is 28.3 Å². The summed E-state index contributed by atoms with van der Waals surface area (Å²) in [4.78, 5) is 9.94. The molecule has 0 unspecified atom stereocenters. The number of hydrogen-bond donors (Lipinski definition) is 1. The second-order valence-corrected chi connectivity index (χ2v) is 3.08. The number of para-hydroxylation sites is 1. The molecule has 94 valence electrons. The standard InChI is InChI=1S/C9H9F3N2O3/c1-17-7-4-2-3-6(8(7)14(15)16)13-5-9(10,11)12/h2-4,13H,5H2,1H3. The van der Waals surface area contributed by atoms with E-state index in [0.717, 1.165) is 0 Å². The summed E-state index contributed by atoms with van der Waals surface area (Å²) in [6.45, 7) is -1.35. The van der Waals surface area contributed by atoms with Gasteiger partial charge in [0.2, 0.25) is 0 Å². The molecular formula is C9H9F3N2O3. The fourth-order valence-electron chi connectivity index (χ4n) is 1.21. The van der Waals surface area contributed by atoms with E-state index in [9.17, 15) is 23.3 Å². The maximum Gasteiger partial charge on any atom is 0.405 e. The Balaban J connectivity index is 3.02. The number of benzene rings is 1. The lowest BCUT2D eigenvalue weighted by molar-refractivity contribution is -0.384. The lowest BCUT2D eigenvalue weighted by atomic mass is 10.2. The van der Waals surface area contributed by atoms with Crippen LogP contribution in [0.3, 0.4) is 0 Å². The van der Waals surface area contributed by atoms with Crippen molar-refractivity contribution in [3.8, 4) is 5.75 Å². The lowest BCUT2D eigenvalue weighted by Crippen LogP contribution is -2.21. The van der Waals surface area contributed by atoms with Gasteiger partial charge in [-0.25, -0.2) is 0 Å². The molecule has 0 atom stereocenters. The minimum Gasteiger partial charge on any atom is -0.490 e. The van der Waals surface area contributed by atoms with E-state index in [0.29, 0.717) is 0 Å². The van der Waals surface area contributed by atoms with Crippen LogP contribution in [0.4, 0.5) is 24.5 Å². The van der Waals surface area contributed by atoms with Crippen molar-refractivity contribution in [1.29, 1.82) is 0 Å². The number of nitro groups is 1.